The van der Waals surface area contributed by atoms with Crippen LogP contribution in [-0.4, -0.2) is 42.3 Å². The minimum Gasteiger partial charge on any atom is 0 e. The first-order valence-electron chi connectivity index (χ1n) is 6.24. The van der Waals surface area contributed by atoms with Crippen LogP contribution in [0.4, 0.5) is 0 Å². The molecule has 0 saturated heterocycles. The Morgan fingerprint density at radius 2 is 1.07 bits per heavy atom. The van der Waals surface area contributed by atoms with Crippen molar-refractivity contribution in [2.75, 3.05) is 0 Å². The molecule has 0 aromatic rings. The molecular weight excluding hydrogens is 382 g/mol. The molecule has 0 aromatic heterocycles. The van der Waals surface area contributed by atoms with Gasteiger partial charge >= 0.3 is 89.5 Å². The van der Waals surface area contributed by atoms with E-state index in [4.69, 9.17) is 0 Å². The molecule has 0 bridgehead atoms. The average molecular weight is 410 g/mol. The van der Waals surface area contributed by atoms with Gasteiger partial charge in [-0.3, -0.25) is 0 Å². The summed E-state index contributed by atoms with van der Waals surface area (Å²) in [7, 11) is 0. The van der Waals surface area contributed by atoms with Gasteiger partial charge in [0, 0.05) is 23.9 Å². The fourth-order valence-corrected chi connectivity index (χ4v) is 14.7. The summed E-state index contributed by atoms with van der Waals surface area (Å²) in [6.45, 7) is 9.60. The van der Waals surface area contributed by atoms with E-state index in [1.165, 1.54) is 25.7 Å². The molecule has 0 unspecified atom stereocenters. The third-order valence-corrected chi connectivity index (χ3v) is 20.3. The molecule has 2 heteroatoms. The summed E-state index contributed by atoms with van der Waals surface area (Å²) < 4.78 is 6.51. The van der Waals surface area contributed by atoms with Crippen LogP contribution in [0.25, 0.3) is 0 Å². The van der Waals surface area contributed by atoms with Gasteiger partial charge in [0.25, 0.3) is 0 Å². The van der Waals surface area contributed by atoms with Crippen LogP contribution in [0.3, 0.4) is 0 Å². The number of hydrogen-bond acceptors (Lipinski definition) is 0. The van der Waals surface area contributed by atoms with Crippen molar-refractivity contribution in [3.8, 4) is 0 Å². The molecule has 0 rings (SSSR count). The van der Waals surface area contributed by atoms with E-state index in [1.54, 1.807) is 17.7 Å². The molecule has 0 nitrogen and oxygen atoms in total. The normalized spacial score (nSPS) is 11.1. The van der Waals surface area contributed by atoms with Gasteiger partial charge in [0.2, 0.25) is 0 Å². The van der Waals surface area contributed by atoms with Crippen LogP contribution in [0.15, 0.2) is 0 Å². The monoisotopic (exact) mass is 412 g/mol. The summed E-state index contributed by atoms with van der Waals surface area (Å²) in [6.07, 6.45) is 5.85. The molecular formula is C12H28Sn2. The van der Waals surface area contributed by atoms with Gasteiger partial charge in [-0.15, -0.1) is 0 Å². The largest absolute Gasteiger partial charge is 0 e. The first-order valence-corrected chi connectivity index (χ1v) is 14.3. The maximum absolute atomic E-state index is 2.46. The third-order valence-electron chi connectivity index (χ3n) is 3.62. The van der Waals surface area contributed by atoms with Crippen molar-refractivity contribution in [2.45, 2.75) is 71.1 Å². The molecule has 0 saturated carbocycles. The molecule has 0 spiro atoms. The zero-order chi connectivity index (χ0) is 10.2. The maximum atomic E-state index is 2.46. The van der Waals surface area contributed by atoms with E-state index in [1.807, 2.05) is 0 Å². The molecule has 0 amide bonds. The van der Waals surface area contributed by atoms with E-state index in [9.17, 15) is 0 Å². The minimum absolute atomic E-state index is 0. The Labute approximate surface area is 112 Å². The van der Waals surface area contributed by atoms with Crippen LogP contribution in [0.1, 0.15) is 53.4 Å². The molecule has 0 heterocycles. The Morgan fingerprint density at radius 1 is 0.714 bits per heavy atom. The van der Waals surface area contributed by atoms with Gasteiger partial charge in [0.05, 0.1) is 0 Å². The van der Waals surface area contributed by atoms with Crippen molar-refractivity contribution in [1.29, 1.82) is 0 Å². The average Bonchev–Trinajstić information content (AvgIpc) is 2.20. The molecule has 0 aliphatic heterocycles. The summed E-state index contributed by atoms with van der Waals surface area (Å²) in [5.74, 6) is 0. The Hall–Kier alpha value is 1.60. The standard InChI is InChI=1S/2C4H9.2C2H5.2Sn/c2*1-3-4-2;2*1-2;;/h2*1,3-4H2,2H3;2*1H2,2H3;;. The summed E-state index contributed by atoms with van der Waals surface area (Å²) in [5.41, 5.74) is 0. The molecule has 0 aliphatic carbocycles. The van der Waals surface area contributed by atoms with Crippen molar-refractivity contribution in [1.82, 2.24) is 0 Å². The van der Waals surface area contributed by atoms with Crippen molar-refractivity contribution < 1.29 is 0 Å². The van der Waals surface area contributed by atoms with Gasteiger partial charge in [-0.25, -0.2) is 0 Å². The zero-order valence-corrected chi connectivity index (χ0v) is 16.4. The van der Waals surface area contributed by atoms with E-state index in [0.29, 0.717) is 0 Å². The van der Waals surface area contributed by atoms with Crippen LogP contribution < -0.4 is 0 Å². The Kier molecular flexibility index (Phi) is 14.2. The third kappa shape index (κ3) is 6.97. The topological polar surface area (TPSA) is 0 Å². The molecule has 0 atom stereocenters. The van der Waals surface area contributed by atoms with Crippen LogP contribution in [-0.2, 0) is 0 Å². The van der Waals surface area contributed by atoms with Crippen molar-refractivity contribution in [2.24, 2.45) is 0 Å². The number of rotatable bonds is 8. The van der Waals surface area contributed by atoms with Crippen molar-refractivity contribution in [3.05, 3.63) is 0 Å². The molecule has 4 radical (unpaired) electrons. The van der Waals surface area contributed by atoms with Crippen LogP contribution in [0.5, 0.6) is 0 Å². The smallest absolute Gasteiger partial charge is 0 e. The molecule has 0 N–H and O–H groups in total. The maximum Gasteiger partial charge on any atom is 0 e. The molecule has 0 aliphatic rings. The fraction of sp³-hybridized carbons (Fsp3) is 1.00. The van der Waals surface area contributed by atoms with Crippen LogP contribution >= 0.6 is 0 Å². The van der Waals surface area contributed by atoms with Gasteiger partial charge in [-0.05, 0) is 0 Å². The van der Waals surface area contributed by atoms with E-state index < -0.39 is 18.4 Å². The molecule has 14 heavy (non-hydrogen) atoms. The number of unbranched alkanes of at least 4 members (excludes halogenated alkanes) is 2. The second kappa shape index (κ2) is 11.1. The molecule has 0 aromatic carbocycles. The SMILES string of the molecule is CCC[CH2][Sn]([CH2]C)([CH2]C)[CH2]CCC.[Sn]. The van der Waals surface area contributed by atoms with Gasteiger partial charge in [0.15, 0.2) is 0 Å². The Balaban J connectivity index is 0. The second-order valence-electron chi connectivity index (χ2n) is 4.41. The summed E-state index contributed by atoms with van der Waals surface area (Å²) in [5, 5.41) is 0. The predicted molar refractivity (Wildman–Crippen MR) is 71.9 cm³/mol. The van der Waals surface area contributed by atoms with Crippen molar-refractivity contribution >= 4 is 42.3 Å². The van der Waals surface area contributed by atoms with E-state index in [-0.39, 0.29) is 23.9 Å². The van der Waals surface area contributed by atoms with E-state index in [2.05, 4.69) is 27.7 Å². The van der Waals surface area contributed by atoms with Gasteiger partial charge in [-0.2, -0.15) is 0 Å². The summed E-state index contributed by atoms with van der Waals surface area (Å²) >= 11 is -1.54. The summed E-state index contributed by atoms with van der Waals surface area (Å²) in [6, 6.07) is 0. The quantitative estimate of drug-likeness (QED) is 0.510. The van der Waals surface area contributed by atoms with Crippen LogP contribution in [0, 0.1) is 0 Å². The van der Waals surface area contributed by atoms with Gasteiger partial charge in [0.1, 0.15) is 0 Å². The van der Waals surface area contributed by atoms with Gasteiger partial charge < -0.3 is 0 Å². The first kappa shape index (κ1) is 18.0. The Bertz CT molecular complexity index is 98.9. The fourth-order valence-electron chi connectivity index (χ4n) is 2.19. The second-order valence-corrected chi connectivity index (χ2v) is 19.9. The number of hydrogen-bond donors (Lipinski definition) is 0. The zero-order valence-electron chi connectivity index (χ0n) is 10.7. The predicted octanol–water partition coefficient (Wildman–Crippen LogP) is 4.69. The first-order chi connectivity index (χ1) is 6.24. The van der Waals surface area contributed by atoms with Gasteiger partial charge in [-0.1, -0.05) is 0 Å². The summed E-state index contributed by atoms with van der Waals surface area (Å²) in [4.78, 5) is 0. The molecule has 84 valence electrons. The van der Waals surface area contributed by atoms with E-state index >= 15 is 0 Å². The van der Waals surface area contributed by atoms with E-state index in [0.717, 1.165) is 0 Å². The minimum atomic E-state index is -1.54. The van der Waals surface area contributed by atoms with Crippen LogP contribution in [0.2, 0.25) is 17.7 Å². The molecule has 0 fully saturated rings. The van der Waals surface area contributed by atoms with Crippen molar-refractivity contribution in [3.63, 3.8) is 0 Å². The Morgan fingerprint density at radius 3 is 1.29 bits per heavy atom.